The first-order valence-electron chi connectivity index (χ1n) is 6.36. The van der Waals surface area contributed by atoms with Crippen molar-refractivity contribution in [3.63, 3.8) is 0 Å². The number of hydrogen-bond donors (Lipinski definition) is 2. The van der Waals surface area contributed by atoms with Gasteiger partial charge in [0, 0.05) is 10.9 Å². The maximum absolute atomic E-state index is 11.8. The van der Waals surface area contributed by atoms with Crippen LogP contribution < -0.4 is 5.56 Å². The van der Waals surface area contributed by atoms with E-state index in [2.05, 4.69) is 10.2 Å². The number of nitrogens with zero attached hydrogens (tertiary/aromatic N) is 1. The number of phenolic OH excluding ortho intramolecular Hbond substituents is 1. The van der Waals surface area contributed by atoms with E-state index in [0.29, 0.717) is 5.39 Å². The summed E-state index contributed by atoms with van der Waals surface area (Å²) in [4.78, 5) is 11.8. The Morgan fingerprint density at radius 3 is 2.50 bits per heavy atom. The molecule has 2 N–H and O–H groups in total. The monoisotopic (exact) mass is 266 g/mol. The standard InChI is InChI=1S/C16H14N2O2/c1-9-8-14(19)10(2)7-13(9)15-11-5-3-4-6-12(11)16(20)18-17-15/h3-8,19H,1-2H3,(H,18,20). The molecule has 0 spiro atoms. The number of phenols is 1. The van der Waals surface area contributed by atoms with Gasteiger partial charge in [0.25, 0.3) is 5.56 Å². The number of aromatic hydroxyl groups is 1. The van der Waals surface area contributed by atoms with Crippen molar-refractivity contribution in [2.24, 2.45) is 0 Å². The summed E-state index contributed by atoms with van der Waals surface area (Å²) in [6, 6.07) is 11.0. The predicted molar refractivity (Wildman–Crippen MR) is 78.9 cm³/mol. The first kappa shape index (κ1) is 12.4. The van der Waals surface area contributed by atoms with E-state index in [1.54, 1.807) is 12.1 Å². The zero-order valence-electron chi connectivity index (χ0n) is 11.3. The molecular formula is C16H14N2O2. The van der Waals surface area contributed by atoms with E-state index in [-0.39, 0.29) is 11.3 Å². The fraction of sp³-hybridized carbons (Fsp3) is 0.125. The fourth-order valence-corrected chi connectivity index (χ4v) is 2.38. The van der Waals surface area contributed by atoms with Crippen molar-refractivity contribution < 1.29 is 5.11 Å². The molecule has 3 aromatic rings. The van der Waals surface area contributed by atoms with Gasteiger partial charge >= 0.3 is 0 Å². The van der Waals surface area contributed by atoms with Gasteiger partial charge in [-0.1, -0.05) is 18.2 Å². The van der Waals surface area contributed by atoms with Gasteiger partial charge in [-0.3, -0.25) is 4.79 Å². The van der Waals surface area contributed by atoms with Crippen molar-refractivity contribution in [3.8, 4) is 17.0 Å². The van der Waals surface area contributed by atoms with Crippen molar-refractivity contribution in [1.29, 1.82) is 0 Å². The molecule has 0 saturated heterocycles. The Hall–Kier alpha value is -2.62. The first-order valence-corrected chi connectivity index (χ1v) is 6.36. The number of aryl methyl sites for hydroxylation is 2. The summed E-state index contributed by atoms with van der Waals surface area (Å²) in [7, 11) is 0. The molecule has 1 aromatic heterocycles. The van der Waals surface area contributed by atoms with Crippen LogP contribution in [-0.4, -0.2) is 15.3 Å². The van der Waals surface area contributed by atoms with Gasteiger partial charge in [0.15, 0.2) is 0 Å². The minimum absolute atomic E-state index is 0.197. The number of aromatic nitrogens is 2. The van der Waals surface area contributed by atoms with Crippen LogP contribution in [0.15, 0.2) is 41.2 Å². The van der Waals surface area contributed by atoms with Gasteiger partial charge < -0.3 is 5.11 Å². The smallest absolute Gasteiger partial charge is 0.272 e. The second kappa shape index (κ2) is 4.49. The summed E-state index contributed by atoms with van der Waals surface area (Å²) in [5.74, 6) is 0.264. The van der Waals surface area contributed by atoms with E-state index in [1.807, 2.05) is 38.1 Å². The minimum atomic E-state index is -0.197. The van der Waals surface area contributed by atoms with Crippen LogP contribution in [0.5, 0.6) is 5.75 Å². The highest BCUT2D eigenvalue weighted by Crippen LogP contribution is 2.31. The second-order valence-corrected chi connectivity index (χ2v) is 4.90. The Morgan fingerprint density at radius 2 is 1.75 bits per heavy atom. The molecule has 1 heterocycles. The molecule has 0 aliphatic carbocycles. The van der Waals surface area contributed by atoms with Crippen LogP contribution in [0.1, 0.15) is 11.1 Å². The average molecular weight is 266 g/mol. The SMILES string of the molecule is Cc1cc(-c2n[nH]c(=O)c3ccccc23)c(C)cc1O. The number of H-pyrrole nitrogens is 1. The summed E-state index contributed by atoms with van der Waals surface area (Å²) in [5, 5.41) is 17.9. The molecule has 0 amide bonds. The lowest BCUT2D eigenvalue weighted by Gasteiger charge is -2.10. The number of hydrogen-bond acceptors (Lipinski definition) is 3. The topological polar surface area (TPSA) is 66.0 Å². The molecule has 4 heteroatoms. The van der Waals surface area contributed by atoms with Gasteiger partial charge in [0.2, 0.25) is 0 Å². The zero-order valence-corrected chi connectivity index (χ0v) is 11.3. The molecule has 20 heavy (non-hydrogen) atoms. The maximum atomic E-state index is 11.8. The van der Waals surface area contributed by atoms with Gasteiger partial charge in [-0.2, -0.15) is 5.10 Å². The molecule has 0 aliphatic heterocycles. The lowest BCUT2D eigenvalue weighted by Crippen LogP contribution is -2.09. The summed E-state index contributed by atoms with van der Waals surface area (Å²) in [6.45, 7) is 3.75. The lowest BCUT2D eigenvalue weighted by molar-refractivity contribution is 0.471. The zero-order chi connectivity index (χ0) is 14.3. The molecule has 3 rings (SSSR count). The molecule has 0 radical (unpaired) electrons. The highest BCUT2D eigenvalue weighted by Gasteiger charge is 2.12. The highest BCUT2D eigenvalue weighted by atomic mass is 16.3. The largest absolute Gasteiger partial charge is 0.508 e. The van der Waals surface area contributed by atoms with Crippen LogP contribution in [0.25, 0.3) is 22.0 Å². The van der Waals surface area contributed by atoms with Crippen LogP contribution in [0, 0.1) is 13.8 Å². The lowest BCUT2D eigenvalue weighted by atomic mass is 9.98. The van der Waals surface area contributed by atoms with Crippen molar-refractivity contribution in [2.45, 2.75) is 13.8 Å². The fourth-order valence-electron chi connectivity index (χ4n) is 2.38. The quantitative estimate of drug-likeness (QED) is 0.711. The van der Waals surface area contributed by atoms with Gasteiger partial charge in [0.05, 0.1) is 11.1 Å². The molecule has 0 fully saturated rings. The van der Waals surface area contributed by atoms with Crippen LogP contribution in [0.2, 0.25) is 0 Å². The first-order chi connectivity index (χ1) is 9.58. The molecule has 0 atom stereocenters. The number of nitrogens with one attached hydrogen (secondary N) is 1. The third-order valence-corrected chi connectivity index (χ3v) is 3.49. The van der Waals surface area contributed by atoms with E-state index in [9.17, 15) is 9.90 Å². The number of benzene rings is 2. The molecule has 2 aromatic carbocycles. The number of rotatable bonds is 1. The number of fused-ring (bicyclic) bond motifs is 1. The van der Waals surface area contributed by atoms with E-state index in [1.165, 1.54) is 0 Å². The van der Waals surface area contributed by atoms with Crippen LogP contribution in [0.3, 0.4) is 0 Å². The summed E-state index contributed by atoms with van der Waals surface area (Å²) >= 11 is 0. The number of aromatic amines is 1. The second-order valence-electron chi connectivity index (χ2n) is 4.90. The summed E-state index contributed by atoms with van der Waals surface area (Å²) in [6.07, 6.45) is 0. The van der Waals surface area contributed by atoms with Crippen LogP contribution in [0.4, 0.5) is 0 Å². The molecule has 0 unspecified atom stereocenters. The Morgan fingerprint density at radius 1 is 1.05 bits per heavy atom. The van der Waals surface area contributed by atoms with Crippen LogP contribution in [-0.2, 0) is 0 Å². The van der Waals surface area contributed by atoms with E-state index in [0.717, 1.165) is 27.8 Å². The van der Waals surface area contributed by atoms with Crippen molar-refractivity contribution >= 4 is 10.8 Å². The summed E-state index contributed by atoms with van der Waals surface area (Å²) in [5.41, 5.74) is 3.13. The van der Waals surface area contributed by atoms with E-state index < -0.39 is 0 Å². The predicted octanol–water partition coefficient (Wildman–Crippen LogP) is 2.91. The van der Waals surface area contributed by atoms with Crippen molar-refractivity contribution in [1.82, 2.24) is 10.2 Å². The molecule has 0 bridgehead atoms. The minimum Gasteiger partial charge on any atom is -0.508 e. The Kier molecular flexibility index (Phi) is 2.79. The molecule has 4 nitrogen and oxygen atoms in total. The van der Waals surface area contributed by atoms with E-state index in [4.69, 9.17) is 0 Å². The maximum Gasteiger partial charge on any atom is 0.272 e. The average Bonchev–Trinajstić information content (AvgIpc) is 2.44. The van der Waals surface area contributed by atoms with Gasteiger partial charge in [0.1, 0.15) is 5.75 Å². The van der Waals surface area contributed by atoms with Gasteiger partial charge in [-0.25, -0.2) is 5.10 Å². The Bertz CT molecular complexity index is 866. The Labute approximate surface area is 115 Å². The third kappa shape index (κ3) is 1.86. The van der Waals surface area contributed by atoms with Crippen molar-refractivity contribution in [2.75, 3.05) is 0 Å². The van der Waals surface area contributed by atoms with Gasteiger partial charge in [-0.05, 0) is 43.2 Å². The third-order valence-electron chi connectivity index (χ3n) is 3.49. The normalized spacial score (nSPS) is 10.9. The van der Waals surface area contributed by atoms with Gasteiger partial charge in [-0.15, -0.1) is 0 Å². The molecular weight excluding hydrogens is 252 g/mol. The highest BCUT2D eigenvalue weighted by molar-refractivity contribution is 5.94. The molecule has 100 valence electrons. The Balaban J connectivity index is 2.39. The molecule has 0 aliphatic rings. The molecule has 0 saturated carbocycles. The van der Waals surface area contributed by atoms with Crippen LogP contribution >= 0.6 is 0 Å². The van der Waals surface area contributed by atoms with E-state index >= 15 is 0 Å². The van der Waals surface area contributed by atoms with Crippen molar-refractivity contribution in [3.05, 3.63) is 57.9 Å². The summed E-state index contributed by atoms with van der Waals surface area (Å²) < 4.78 is 0.